The van der Waals surface area contributed by atoms with Gasteiger partial charge in [-0.1, -0.05) is 60.4 Å². The molecular formula is C40H60N2O2. The van der Waals surface area contributed by atoms with Gasteiger partial charge in [0.1, 0.15) is 0 Å². The Kier molecular flexibility index (Phi) is 6.96. The number of allylic oxidation sites excluding steroid dienone is 6. The van der Waals surface area contributed by atoms with E-state index in [1.807, 2.05) is 6.92 Å². The average Bonchev–Trinajstić information content (AvgIpc) is 3.63. The van der Waals surface area contributed by atoms with Gasteiger partial charge in [-0.25, -0.2) is 0 Å². The first-order valence-corrected chi connectivity index (χ1v) is 18.5. The van der Waals surface area contributed by atoms with Crippen LogP contribution in [0.3, 0.4) is 0 Å². The topological polar surface area (TPSA) is 64.5 Å². The molecule has 1 spiro atoms. The third-order valence-corrected chi connectivity index (χ3v) is 15.9. The molecule has 0 aromatic rings. The number of rotatable bonds is 5. The van der Waals surface area contributed by atoms with Crippen LogP contribution in [0.15, 0.2) is 47.1 Å². The summed E-state index contributed by atoms with van der Waals surface area (Å²) in [4.78, 5) is 0. The molecular weight excluding hydrogens is 540 g/mol. The van der Waals surface area contributed by atoms with Crippen LogP contribution in [0, 0.1) is 51.8 Å². The van der Waals surface area contributed by atoms with Gasteiger partial charge in [-0.05, 0) is 145 Å². The minimum Gasteiger partial charge on any atom is -0.392 e. The lowest BCUT2D eigenvalue weighted by Gasteiger charge is -2.64. The molecule has 0 radical (unpaired) electrons. The van der Waals surface area contributed by atoms with Crippen molar-refractivity contribution in [1.82, 2.24) is 10.6 Å². The van der Waals surface area contributed by atoms with Crippen molar-refractivity contribution in [2.24, 2.45) is 51.8 Å². The highest BCUT2D eigenvalue weighted by Crippen LogP contribution is 2.74. The lowest BCUT2D eigenvalue weighted by atomic mass is 9.40. The lowest BCUT2D eigenvalue weighted by Crippen LogP contribution is -2.61. The second-order valence-corrected chi connectivity index (χ2v) is 18.0. The molecule has 4 heteroatoms. The van der Waals surface area contributed by atoms with Crippen molar-refractivity contribution in [3.8, 4) is 0 Å². The third-order valence-electron chi connectivity index (χ3n) is 15.9. The zero-order chi connectivity index (χ0) is 30.8. The second-order valence-electron chi connectivity index (χ2n) is 18.0. The SMILES string of the molecule is C=C(C)[C@]12C=C[C@H]3CCC[C@]3(C1)[C@@]1(C)CC([C@@H]3CC[C@@H]4C[C@@H]5C[C@H]6C[C@@H](NC[C@H](C)O)[C@H](O)C[C@H]6[C@@H]5[C@]4(C)N3)=CC(C)=C1C2. The van der Waals surface area contributed by atoms with E-state index in [1.165, 1.54) is 69.8 Å². The summed E-state index contributed by atoms with van der Waals surface area (Å²) in [7, 11) is 0. The van der Waals surface area contributed by atoms with Gasteiger partial charge in [0.2, 0.25) is 0 Å². The number of piperidine rings is 1. The number of fused-ring (bicyclic) bond motifs is 7. The molecule has 1 heterocycles. The molecule has 1 aliphatic heterocycles. The van der Waals surface area contributed by atoms with E-state index >= 15 is 0 Å². The van der Waals surface area contributed by atoms with Crippen LogP contribution in [0.25, 0.3) is 0 Å². The fourth-order valence-electron chi connectivity index (χ4n) is 13.9. The summed E-state index contributed by atoms with van der Waals surface area (Å²) < 4.78 is 0. The van der Waals surface area contributed by atoms with Crippen molar-refractivity contribution in [1.29, 1.82) is 0 Å². The molecule has 14 atom stereocenters. The van der Waals surface area contributed by atoms with Crippen LogP contribution < -0.4 is 10.6 Å². The van der Waals surface area contributed by atoms with Gasteiger partial charge in [0.25, 0.3) is 0 Å². The van der Waals surface area contributed by atoms with Crippen LogP contribution in [-0.4, -0.2) is 46.6 Å². The first kappa shape index (κ1) is 30.2. The molecule has 4 nitrogen and oxygen atoms in total. The molecule has 5 saturated carbocycles. The molecule has 4 N–H and O–H groups in total. The van der Waals surface area contributed by atoms with E-state index in [-0.39, 0.29) is 34.6 Å². The van der Waals surface area contributed by atoms with Gasteiger partial charge in [0.15, 0.2) is 0 Å². The van der Waals surface area contributed by atoms with Gasteiger partial charge in [0.05, 0.1) is 12.2 Å². The highest BCUT2D eigenvalue weighted by Gasteiger charge is 2.66. The molecule has 2 bridgehead atoms. The Hall–Kier alpha value is -1.20. The van der Waals surface area contributed by atoms with Crippen LogP contribution in [0.2, 0.25) is 0 Å². The maximum Gasteiger partial charge on any atom is 0.0696 e. The summed E-state index contributed by atoms with van der Waals surface area (Å²) in [5, 5.41) is 29.0. The highest BCUT2D eigenvalue weighted by atomic mass is 16.3. The summed E-state index contributed by atoms with van der Waals surface area (Å²) in [6, 6.07) is 0.601. The predicted molar refractivity (Wildman–Crippen MR) is 179 cm³/mol. The van der Waals surface area contributed by atoms with Gasteiger partial charge in [0, 0.05) is 29.6 Å². The minimum absolute atomic E-state index is 0.130. The van der Waals surface area contributed by atoms with Gasteiger partial charge in [-0.15, -0.1) is 0 Å². The quantitative estimate of drug-likeness (QED) is 0.251. The minimum atomic E-state index is -0.368. The summed E-state index contributed by atoms with van der Waals surface area (Å²) in [5.74, 6) is 4.26. The van der Waals surface area contributed by atoms with Gasteiger partial charge < -0.3 is 20.8 Å². The van der Waals surface area contributed by atoms with E-state index in [0.29, 0.717) is 41.7 Å². The molecule has 7 aliphatic carbocycles. The fraction of sp³-hybridized carbons (Fsp3) is 0.800. The van der Waals surface area contributed by atoms with E-state index < -0.39 is 0 Å². The predicted octanol–water partition coefficient (Wildman–Crippen LogP) is 7.24. The van der Waals surface area contributed by atoms with Crippen molar-refractivity contribution in [2.75, 3.05) is 6.54 Å². The number of aliphatic hydroxyl groups excluding tert-OH is 2. The summed E-state index contributed by atoms with van der Waals surface area (Å²) in [6.45, 7) is 17.0. The molecule has 8 aliphatic rings. The van der Waals surface area contributed by atoms with E-state index in [2.05, 4.69) is 63.1 Å². The average molecular weight is 601 g/mol. The summed E-state index contributed by atoms with van der Waals surface area (Å²) in [5.41, 5.74) is 7.29. The van der Waals surface area contributed by atoms with Crippen LogP contribution in [0.4, 0.5) is 0 Å². The van der Waals surface area contributed by atoms with E-state index in [9.17, 15) is 10.2 Å². The molecule has 6 fully saturated rings. The maximum atomic E-state index is 11.3. The Morgan fingerprint density at radius 3 is 2.70 bits per heavy atom. The summed E-state index contributed by atoms with van der Waals surface area (Å²) in [6.07, 6.45) is 22.3. The number of aliphatic hydroxyl groups is 2. The second kappa shape index (κ2) is 10.1. The van der Waals surface area contributed by atoms with Crippen LogP contribution >= 0.6 is 0 Å². The molecule has 0 unspecified atom stereocenters. The van der Waals surface area contributed by atoms with Crippen molar-refractivity contribution in [3.05, 3.63) is 47.1 Å². The standard InChI is InChI=1S/C40H60N2O2/c1-23(2)39-13-11-29-8-7-12-40(29,22-39)37(5)19-28(14-24(3)32(37)20-39)33-10-9-30-16-27-15-26-17-34(41-21-25(4)43)35(44)18-31(26)36(27)38(30,6)42-33/h11,13-14,25-27,29-31,33-36,41-44H,1,7-10,12,15-22H2,2-6H3/t25-,26-,27-,29+,30+,31+,33-,34+,35+,36+,37-,38+,39-,40+/m0/s1. The Labute approximate surface area is 267 Å². The lowest BCUT2D eigenvalue weighted by molar-refractivity contribution is -0.0264. The smallest absolute Gasteiger partial charge is 0.0696 e. The summed E-state index contributed by atoms with van der Waals surface area (Å²) >= 11 is 0. The Bertz CT molecular complexity index is 1310. The van der Waals surface area contributed by atoms with E-state index in [4.69, 9.17) is 0 Å². The molecule has 8 rings (SSSR count). The Morgan fingerprint density at radius 2 is 1.93 bits per heavy atom. The molecule has 242 valence electrons. The van der Waals surface area contributed by atoms with Crippen LogP contribution in [0.1, 0.15) is 112 Å². The highest BCUT2D eigenvalue weighted by molar-refractivity contribution is 5.48. The van der Waals surface area contributed by atoms with Crippen LogP contribution in [-0.2, 0) is 0 Å². The first-order chi connectivity index (χ1) is 20.9. The van der Waals surface area contributed by atoms with Gasteiger partial charge >= 0.3 is 0 Å². The fourth-order valence-corrected chi connectivity index (χ4v) is 13.9. The van der Waals surface area contributed by atoms with Crippen molar-refractivity contribution >= 4 is 0 Å². The molecule has 44 heavy (non-hydrogen) atoms. The Balaban J connectivity index is 1.07. The Morgan fingerprint density at radius 1 is 1.11 bits per heavy atom. The van der Waals surface area contributed by atoms with E-state index in [1.54, 1.807) is 16.7 Å². The largest absolute Gasteiger partial charge is 0.392 e. The monoisotopic (exact) mass is 600 g/mol. The zero-order valence-corrected chi connectivity index (χ0v) is 28.3. The number of nitrogens with one attached hydrogen (secondary N) is 2. The molecule has 1 saturated heterocycles. The maximum absolute atomic E-state index is 11.3. The van der Waals surface area contributed by atoms with Crippen LogP contribution in [0.5, 0.6) is 0 Å². The normalized spacial score (nSPS) is 52.9. The number of hydrogen-bond acceptors (Lipinski definition) is 4. The third kappa shape index (κ3) is 4.08. The van der Waals surface area contributed by atoms with Crippen molar-refractivity contribution < 1.29 is 10.2 Å². The van der Waals surface area contributed by atoms with Gasteiger partial charge in [-0.3, -0.25) is 0 Å². The van der Waals surface area contributed by atoms with E-state index in [0.717, 1.165) is 24.7 Å². The van der Waals surface area contributed by atoms with Crippen molar-refractivity contribution in [2.45, 2.75) is 141 Å². The molecule has 0 aromatic carbocycles. The molecule has 0 aromatic heterocycles. The zero-order valence-electron chi connectivity index (χ0n) is 28.3. The first-order valence-electron chi connectivity index (χ1n) is 18.5. The molecule has 0 amide bonds. The van der Waals surface area contributed by atoms with Crippen molar-refractivity contribution in [3.63, 3.8) is 0 Å². The van der Waals surface area contributed by atoms with Gasteiger partial charge in [-0.2, -0.15) is 0 Å². The number of hydrogen-bond donors (Lipinski definition) is 4.